The van der Waals surface area contributed by atoms with E-state index in [-0.39, 0.29) is 24.6 Å². The number of hydrogen-bond donors (Lipinski definition) is 1. The average molecular weight is 395 g/mol. The third-order valence-corrected chi connectivity index (χ3v) is 4.80. The molecule has 6 nitrogen and oxygen atoms in total. The lowest BCUT2D eigenvalue weighted by molar-refractivity contribution is -0.117. The van der Waals surface area contributed by atoms with E-state index in [2.05, 4.69) is 11.1 Å². The number of carbonyl (C=O) groups is 1. The number of halogens is 1. The first-order valence-electron chi connectivity index (χ1n) is 8.63. The number of fused-ring (bicyclic) bond motifs is 1. The predicted molar refractivity (Wildman–Crippen MR) is 109 cm³/mol. The quantitative estimate of drug-likeness (QED) is 0.714. The number of anilines is 1. The minimum atomic E-state index is -0.306. The second-order valence-electron chi connectivity index (χ2n) is 6.26. The molecule has 0 radical (unpaired) electrons. The molecule has 0 saturated carbocycles. The molecule has 0 atom stereocenters. The van der Waals surface area contributed by atoms with Crippen LogP contribution in [0.2, 0.25) is 5.02 Å². The van der Waals surface area contributed by atoms with E-state index in [1.165, 1.54) is 4.90 Å². The maximum absolute atomic E-state index is 12.0. The van der Waals surface area contributed by atoms with E-state index >= 15 is 0 Å². The molecule has 0 aliphatic heterocycles. The van der Waals surface area contributed by atoms with Crippen molar-refractivity contribution >= 4 is 34.1 Å². The van der Waals surface area contributed by atoms with Crippen molar-refractivity contribution in [3.63, 3.8) is 0 Å². The molecule has 28 heavy (non-hydrogen) atoms. The molecule has 1 heterocycles. The highest BCUT2D eigenvalue weighted by Gasteiger charge is 2.19. The lowest BCUT2D eigenvalue weighted by Gasteiger charge is -2.20. The van der Waals surface area contributed by atoms with Crippen LogP contribution in [0.5, 0.6) is 5.75 Å². The zero-order chi connectivity index (χ0) is 20.3. The summed E-state index contributed by atoms with van der Waals surface area (Å²) in [6, 6.07) is 15.0. The number of aromatic nitrogens is 1. The molecule has 7 heteroatoms. The molecular formula is C21H19ClN4O2. The number of carbonyl (C=O) groups excluding carboxylic acids is 1. The normalized spacial score (nSPS) is 10.5. The number of hydrogen-bond acceptors (Lipinski definition) is 5. The molecule has 3 rings (SSSR count). The Balaban J connectivity index is 1.98. The van der Waals surface area contributed by atoms with Crippen molar-refractivity contribution in [2.45, 2.75) is 13.5 Å². The first kappa shape index (κ1) is 19.6. The van der Waals surface area contributed by atoms with Gasteiger partial charge in [-0.15, -0.1) is 0 Å². The lowest BCUT2D eigenvalue weighted by Crippen LogP contribution is -2.33. The summed E-state index contributed by atoms with van der Waals surface area (Å²) in [7, 11) is 1.57. The molecule has 1 amide bonds. The molecule has 142 valence electrons. The number of benzene rings is 2. The Morgan fingerprint density at radius 3 is 2.79 bits per heavy atom. The number of pyridine rings is 1. The average Bonchev–Trinajstić information content (AvgIpc) is 2.71. The third-order valence-electron chi connectivity index (χ3n) is 4.45. The van der Waals surface area contributed by atoms with Gasteiger partial charge in [-0.1, -0.05) is 29.8 Å². The highest BCUT2D eigenvalue weighted by Crippen LogP contribution is 2.31. The summed E-state index contributed by atoms with van der Waals surface area (Å²) >= 11 is 6.33. The van der Waals surface area contributed by atoms with E-state index in [1.54, 1.807) is 19.2 Å². The molecule has 2 aromatic carbocycles. The second kappa shape index (κ2) is 8.26. The number of amides is 1. The van der Waals surface area contributed by atoms with Crippen molar-refractivity contribution in [1.29, 1.82) is 5.26 Å². The van der Waals surface area contributed by atoms with Crippen LogP contribution in [-0.4, -0.2) is 24.5 Å². The summed E-state index contributed by atoms with van der Waals surface area (Å²) in [5.41, 5.74) is 8.27. The number of para-hydroxylation sites is 1. The van der Waals surface area contributed by atoms with E-state index in [0.29, 0.717) is 22.0 Å². The van der Waals surface area contributed by atoms with Crippen molar-refractivity contribution < 1.29 is 9.53 Å². The first-order chi connectivity index (χ1) is 13.5. The third kappa shape index (κ3) is 3.77. The minimum Gasteiger partial charge on any atom is -0.487 e. The number of nitrogens with zero attached hydrogens (tertiary/aromatic N) is 3. The maximum atomic E-state index is 12.0. The largest absolute Gasteiger partial charge is 0.487 e. The van der Waals surface area contributed by atoms with E-state index < -0.39 is 0 Å². The van der Waals surface area contributed by atoms with Crippen molar-refractivity contribution in [1.82, 2.24) is 4.98 Å². The Bertz CT molecular complexity index is 1090. The van der Waals surface area contributed by atoms with Crippen LogP contribution in [0.4, 0.5) is 5.69 Å². The maximum Gasteiger partial charge on any atom is 0.240 e. The topological polar surface area (TPSA) is 92.2 Å². The highest BCUT2D eigenvalue weighted by atomic mass is 35.5. The van der Waals surface area contributed by atoms with Crippen molar-refractivity contribution in [3.05, 3.63) is 64.3 Å². The summed E-state index contributed by atoms with van der Waals surface area (Å²) in [6.07, 6.45) is 0. The van der Waals surface area contributed by atoms with Gasteiger partial charge < -0.3 is 15.4 Å². The van der Waals surface area contributed by atoms with E-state index in [0.717, 1.165) is 16.6 Å². The van der Waals surface area contributed by atoms with Gasteiger partial charge in [0.1, 0.15) is 23.9 Å². The second-order valence-corrected chi connectivity index (χ2v) is 6.67. The van der Waals surface area contributed by atoms with Crippen LogP contribution in [0.25, 0.3) is 10.9 Å². The van der Waals surface area contributed by atoms with Gasteiger partial charge in [-0.2, -0.15) is 5.26 Å². The summed E-state index contributed by atoms with van der Waals surface area (Å²) in [6.45, 7) is 1.82. The Labute approximate surface area is 168 Å². The molecule has 1 aromatic heterocycles. The molecule has 0 fully saturated rings. The number of ether oxygens (including phenoxy) is 1. The first-order valence-corrected chi connectivity index (χ1v) is 9.01. The number of rotatable bonds is 5. The lowest BCUT2D eigenvalue weighted by atomic mass is 10.1. The Hall–Kier alpha value is -3.14. The van der Waals surface area contributed by atoms with Crippen LogP contribution in [0.3, 0.4) is 0 Å². The molecule has 2 N–H and O–H groups in total. The van der Waals surface area contributed by atoms with Gasteiger partial charge >= 0.3 is 0 Å². The van der Waals surface area contributed by atoms with Crippen LogP contribution >= 0.6 is 11.6 Å². The Kier molecular flexibility index (Phi) is 5.78. The van der Waals surface area contributed by atoms with Crippen LogP contribution in [0, 0.1) is 18.3 Å². The van der Waals surface area contributed by atoms with Gasteiger partial charge in [0.15, 0.2) is 0 Å². The molecule has 0 saturated heterocycles. The number of likely N-dealkylation sites (N-methyl/N-ethyl adjacent to an activating group) is 1. The SMILES string of the molecule is Cc1ccc2cccc(OCc3c(Cl)ccc(N(C)C(=O)CN)c3C#N)c2n1. The highest BCUT2D eigenvalue weighted by molar-refractivity contribution is 6.31. The van der Waals surface area contributed by atoms with Crippen molar-refractivity contribution in [2.75, 3.05) is 18.5 Å². The van der Waals surface area contributed by atoms with Gasteiger partial charge in [0.25, 0.3) is 0 Å². The molecular weight excluding hydrogens is 376 g/mol. The zero-order valence-electron chi connectivity index (χ0n) is 15.6. The van der Waals surface area contributed by atoms with E-state index in [4.69, 9.17) is 22.1 Å². The van der Waals surface area contributed by atoms with E-state index in [9.17, 15) is 10.1 Å². The molecule has 0 unspecified atom stereocenters. The van der Waals surface area contributed by atoms with Gasteiger partial charge in [-0.05, 0) is 31.2 Å². The summed E-state index contributed by atoms with van der Waals surface area (Å²) < 4.78 is 5.98. The predicted octanol–water partition coefficient (Wildman–Crippen LogP) is 3.57. The van der Waals surface area contributed by atoms with E-state index in [1.807, 2.05) is 37.3 Å². The number of nitriles is 1. The molecule has 3 aromatic rings. The fourth-order valence-corrected chi connectivity index (χ4v) is 3.12. The van der Waals surface area contributed by atoms with Crippen LogP contribution in [-0.2, 0) is 11.4 Å². The Morgan fingerprint density at radius 2 is 2.07 bits per heavy atom. The summed E-state index contributed by atoms with van der Waals surface area (Å²) in [5.74, 6) is 0.289. The van der Waals surface area contributed by atoms with Crippen LogP contribution in [0.15, 0.2) is 42.5 Å². The van der Waals surface area contributed by atoms with Gasteiger partial charge in [-0.3, -0.25) is 4.79 Å². The van der Waals surface area contributed by atoms with Gasteiger partial charge in [0, 0.05) is 28.7 Å². The van der Waals surface area contributed by atoms with Gasteiger partial charge in [0.2, 0.25) is 5.91 Å². The van der Waals surface area contributed by atoms with Crippen LogP contribution in [0.1, 0.15) is 16.8 Å². The standard InChI is InChI=1S/C21H19ClN4O2/c1-13-6-7-14-4-3-5-19(21(14)25-13)28-12-16-15(10-23)18(9-8-17(16)22)26(2)20(27)11-24/h3-9H,11-12,24H2,1-2H3. The zero-order valence-corrected chi connectivity index (χ0v) is 16.3. The fraction of sp³-hybridized carbons (Fsp3) is 0.190. The molecule has 0 spiro atoms. The van der Waals surface area contributed by atoms with Gasteiger partial charge in [-0.25, -0.2) is 4.98 Å². The van der Waals surface area contributed by atoms with Crippen molar-refractivity contribution in [3.8, 4) is 11.8 Å². The monoisotopic (exact) mass is 394 g/mol. The van der Waals surface area contributed by atoms with Crippen molar-refractivity contribution in [2.24, 2.45) is 5.73 Å². The summed E-state index contributed by atoms with van der Waals surface area (Å²) in [4.78, 5) is 17.8. The number of aryl methyl sites for hydroxylation is 1. The molecule has 0 aliphatic carbocycles. The molecule has 0 aliphatic rings. The minimum absolute atomic E-state index is 0.0644. The smallest absolute Gasteiger partial charge is 0.240 e. The van der Waals surface area contributed by atoms with Crippen LogP contribution < -0.4 is 15.4 Å². The fourth-order valence-electron chi connectivity index (χ4n) is 2.91. The summed E-state index contributed by atoms with van der Waals surface area (Å²) in [5, 5.41) is 11.0. The van der Waals surface area contributed by atoms with Gasteiger partial charge in [0.05, 0.1) is 17.8 Å². The molecule has 0 bridgehead atoms. The number of nitrogens with two attached hydrogens (primary N) is 1. The Morgan fingerprint density at radius 1 is 1.29 bits per heavy atom.